The average Bonchev–Trinajstić information content (AvgIpc) is 3.03. The lowest BCUT2D eigenvalue weighted by molar-refractivity contribution is -0.144. The predicted octanol–water partition coefficient (Wildman–Crippen LogP) is 1.47. The minimum atomic E-state index is -0.725. The number of methoxy groups -OCH3 is 1. The zero-order valence-corrected chi connectivity index (χ0v) is 14.3. The molecule has 0 radical (unpaired) electrons. The predicted molar refractivity (Wildman–Crippen MR) is 91.2 cm³/mol. The number of hydrogen-bond acceptors (Lipinski definition) is 6. The number of aryl methyl sites for hydroxylation is 1. The minimum Gasteiger partial charge on any atom is -0.467 e. The molecule has 1 atom stereocenters. The van der Waals surface area contributed by atoms with E-state index in [1.54, 1.807) is 11.6 Å². The van der Waals surface area contributed by atoms with Crippen molar-refractivity contribution in [2.24, 2.45) is 0 Å². The first kappa shape index (κ1) is 16.8. The standard InChI is InChI=1S/C17H19N5O3/c1-4-13(17(24)25-3)21-10-18-15-14(16(21)23)19-20-22(15)9-12-7-5-11(2)6-8-12/h5-8,10,13H,4,9H2,1-3H3. The van der Waals surface area contributed by atoms with Gasteiger partial charge in [0.1, 0.15) is 12.4 Å². The number of rotatable bonds is 5. The third-order valence-corrected chi connectivity index (χ3v) is 4.10. The normalized spacial score (nSPS) is 12.3. The van der Waals surface area contributed by atoms with Gasteiger partial charge in [-0.1, -0.05) is 42.0 Å². The number of fused-ring (bicyclic) bond motifs is 1. The van der Waals surface area contributed by atoms with Crippen molar-refractivity contribution < 1.29 is 9.53 Å². The third-order valence-electron chi connectivity index (χ3n) is 4.10. The minimum absolute atomic E-state index is 0.136. The summed E-state index contributed by atoms with van der Waals surface area (Å²) in [5, 5.41) is 8.00. The van der Waals surface area contributed by atoms with E-state index in [0.29, 0.717) is 18.6 Å². The zero-order valence-electron chi connectivity index (χ0n) is 14.3. The van der Waals surface area contributed by atoms with Crippen LogP contribution in [0.2, 0.25) is 0 Å². The molecule has 0 fully saturated rings. The van der Waals surface area contributed by atoms with Crippen molar-refractivity contribution in [3.63, 3.8) is 0 Å². The van der Waals surface area contributed by atoms with Crippen molar-refractivity contribution >= 4 is 17.1 Å². The van der Waals surface area contributed by atoms with Crippen molar-refractivity contribution in [3.05, 3.63) is 52.1 Å². The number of nitrogens with zero attached hydrogens (tertiary/aromatic N) is 5. The van der Waals surface area contributed by atoms with Crippen molar-refractivity contribution in [2.75, 3.05) is 7.11 Å². The van der Waals surface area contributed by atoms with E-state index in [4.69, 9.17) is 4.74 Å². The molecule has 0 aliphatic heterocycles. The number of carbonyl (C=O) groups excluding carboxylic acids is 1. The molecule has 25 heavy (non-hydrogen) atoms. The Balaban J connectivity index is 2.00. The van der Waals surface area contributed by atoms with E-state index in [1.807, 2.05) is 31.2 Å². The summed E-state index contributed by atoms with van der Waals surface area (Å²) in [4.78, 5) is 28.8. The van der Waals surface area contributed by atoms with Gasteiger partial charge in [-0.3, -0.25) is 9.36 Å². The van der Waals surface area contributed by atoms with E-state index >= 15 is 0 Å². The van der Waals surface area contributed by atoms with Gasteiger partial charge in [0.05, 0.1) is 13.7 Å². The SMILES string of the molecule is CCC(C(=O)OC)n1cnc2c(nnn2Cc2ccc(C)cc2)c1=O. The molecule has 2 aromatic heterocycles. The van der Waals surface area contributed by atoms with Crippen LogP contribution >= 0.6 is 0 Å². The molecular weight excluding hydrogens is 322 g/mol. The van der Waals surface area contributed by atoms with E-state index < -0.39 is 17.6 Å². The van der Waals surface area contributed by atoms with Gasteiger partial charge in [-0.05, 0) is 18.9 Å². The van der Waals surface area contributed by atoms with E-state index in [-0.39, 0.29) is 5.52 Å². The lowest BCUT2D eigenvalue weighted by atomic mass is 10.1. The lowest BCUT2D eigenvalue weighted by Gasteiger charge is -2.14. The van der Waals surface area contributed by atoms with Gasteiger partial charge < -0.3 is 4.74 Å². The summed E-state index contributed by atoms with van der Waals surface area (Å²) < 4.78 is 7.57. The van der Waals surface area contributed by atoms with E-state index in [1.165, 1.54) is 23.6 Å². The maximum absolute atomic E-state index is 12.7. The van der Waals surface area contributed by atoms with Crippen molar-refractivity contribution in [2.45, 2.75) is 32.9 Å². The molecular formula is C17H19N5O3. The number of ether oxygens (including phenoxy) is 1. The summed E-state index contributed by atoms with van der Waals surface area (Å²) in [7, 11) is 1.29. The number of aromatic nitrogens is 5. The van der Waals surface area contributed by atoms with E-state index in [2.05, 4.69) is 15.3 Å². The number of benzene rings is 1. The summed E-state index contributed by atoms with van der Waals surface area (Å²) in [5.41, 5.74) is 2.32. The van der Waals surface area contributed by atoms with Crippen LogP contribution in [0.25, 0.3) is 11.2 Å². The van der Waals surface area contributed by atoms with Crippen molar-refractivity contribution in [1.82, 2.24) is 24.5 Å². The fourth-order valence-electron chi connectivity index (χ4n) is 2.67. The van der Waals surface area contributed by atoms with Crippen LogP contribution in [-0.4, -0.2) is 37.6 Å². The third kappa shape index (κ3) is 3.15. The first-order valence-electron chi connectivity index (χ1n) is 7.98. The smallest absolute Gasteiger partial charge is 0.329 e. The number of hydrogen-bond donors (Lipinski definition) is 0. The number of esters is 1. The van der Waals surface area contributed by atoms with Crippen LogP contribution in [0.5, 0.6) is 0 Å². The first-order valence-corrected chi connectivity index (χ1v) is 7.98. The molecule has 1 unspecified atom stereocenters. The molecule has 130 valence electrons. The molecule has 8 nitrogen and oxygen atoms in total. The fraction of sp³-hybridized carbons (Fsp3) is 0.353. The Kier molecular flexibility index (Phi) is 4.60. The van der Waals surface area contributed by atoms with Crippen LogP contribution in [0, 0.1) is 6.92 Å². The molecule has 1 aromatic carbocycles. The van der Waals surface area contributed by atoms with Crippen LogP contribution in [0.1, 0.15) is 30.5 Å². The Morgan fingerprint density at radius 2 is 2.00 bits per heavy atom. The topological polar surface area (TPSA) is 91.9 Å². The van der Waals surface area contributed by atoms with Crippen LogP contribution < -0.4 is 5.56 Å². The largest absolute Gasteiger partial charge is 0.467 e. The van der Waals surface area contributed by atoms with Crippen LogP contribution in [-0.2, 0) is 16.1 Å². The lowest BCUT2D eigenvalue weighted by Crippen LogP contribution is -2.30. The van der Waals surface area contributed by atoms with Gasteiger partial charge >= 0.3 is 5.97 Å². The summed E-state index contributed by atoms with van der Waals surface area (Å²) in [6.45, 7) is 4.28. The summed E-state index contributed by atoms with van der Waals surface area (Å²) >= 11 is 0. The highest BCUT2D eigenvalue weighted by atomic mass is 16.5. The molecule has 0 bridgehead atoms. The molecule has 8 heteroatoms. The Morgan fingerprint density at radius 3 is 2.64 bits per heavy atom. The fourth-order valence-corrected chi connectivity index (χ4v) is 2.67. The first-order chi connectivity index (χ1) is 12.0. The highest BCUT2D eigenvalue weighted by Gasteiger charge is 2.23. The summed E-state index contributed by atoms with van der Waals surface area (Å²) in [5.74, 6) is -0.488. The quantitative estimate of drug-likeness (QED) is 0.653. The van der Waals surface area contributed by atoms with E-state index in [0.717, 1.165) is 5.56 Å². The molecule has 0 saturated carbocycles. The maximum Gasteiger partial charge on any atom is 0.329 e. The highest BCUT2D eigenvalue weighted by Crippen LogP contribution is 2.13. The molecule has 3 rings (SSSR count). The van der Waals surface area contributed by atoms with Gasteiger partial charge in [-0.2, -0.15) is 0 Å². The van der Waals surface area contributed by atoms with Gasteiger partial charge in [0.15, 0.2) is 11.2 Å². The van der Waals surface area contributed by atoms with Crippen LogP contribution in [0.15, 0.2) is 35.4 Å². The van der Waals surface area contributed by atoms with Gasteiger partial charge in [0, 0.05) is 0 Å². The molecule has 0 saturated heterocycles. The molecule has 0 amide bonds. The van der Waals surface area contributed by atoms with Gasteiger partial charge in [0.2, 0.25) is 0 Å². The highest BCUT2D eigenvalue weighted by molar-refractivity contribution is 5.75. The van der Waals surface area contributed by atoms with Gasteiger partial charge in [-0.15, -0.1) is 5.10 Å². The molecule has 0 N–H and O–H groups in total. The second-order valence-electron chi connectivity index (χ2n) is 5.81. The maximum atomic E-state index is 12.7. The Labute approximate surface area is 144 Å². The number of carbonyl (C=O) groups is 1. The molecule has 0 spiro atoms. The van der Waals surface area contributed by atoms with Crippen molar-refractivity contribution in [3.8, 4) is 0 Å². The van der Waals surface area contributed by atoms with E-state index in [9.17, 15) is 9.59 Å². The summed E-state index contributed by atoms with van der Waals surface area (Å²) in [6.07, 6.45) is 1.77. The second kappa shape index (κ2) is 6.84. The second-order valence-corrected chi connectivity index (χ2v) is 5.81. The Bertz CT molecular complexity index is 959. The molecule has 0 aliphatic rings. The molecule has 0 aliphatic carbocycles. The summed E-state index contributed by atoms with van der Waals surface area (Å²) in [6, 6.07) is 7.29. The monoisotopic (exact) mass is 341 g/mol. The zero-order chi connectivity index (χ0) is 18.0. The van der Waals surface area contributed by atoms with Crippen LogP contribution in [0.4, 0.5) is 0 Å². The molecule has 3 aromatic rings. The van der Waals surface area contributed by atoms with Gasteiger partial charge in [0.25, 0.3) is 5.56 Å². The Morgan fingerprint density at radius 1 is 1.28 bits per heavy atom. The van der Waals surface area contributed by atoms with Crippen molar-refractivity contribution in [1.29, 1.82) is 0 Å². The van der Waals surface area contributed by atoms with Gasteiger partial charge in [-0.25, -0.2) is 14.5 Å². The average molecular weight is 341 g/mol. The Hall–Kier alpha value is -3.03. The molecule has 2 heterocycles. The van der Waals surface area contributed by atoms with Crippen LogP contribution in [0.3, 0.4) is 0 Å².